The number of carbonyl (C=O) groups excluding carboxylic acids is 1. The molecule has 1 fully saturated rings. The van der Waals surface area contributed by atoms with Crippen LogP contribution in [0.3, 0.4) is 0 Å². The van der Waals surface area contributed by atoms with Crippen LogP contribution in [0.4, 0.5) is 4.79 Å². The molecule has 1 saturated heterocycles. The summed E-state index contributed by atoms with van der Waals surface area (Å²) in [6.45, 7) is 2.38. The minimum absolute atomic E-state index is 0.0270. The maximum absolute atomic E-state index is 11.8. The van der Waals surface area contributed by atoms with Gasteiger partial charge < -0.3 is 15.2 Å². The molecule has 6 nitrogen and oxygen atoms in total. The van der Waals surface area contributed by atoms with Crippen LogP contribution in [0.25, 0.3) is 10.8 Å². The van der Waals surface area contributed by atoms with E-state index in [0.717, 1.165) is 16.3 Å². The Bertz CT molecular complexity index is 746. The summed E-state index contributed by atoms with van der Waals surface area (Å²) in [5.74, 6) is -0.171. The molecule has 1 aliphatic heterocycles. The fraction of sp³-hybridized carbons (Fsp3) is 0.333. The molecule has 24 heavy (non-hydrogen) atoms. The minimum Gasteiger partial charge on any atom is -0.465 e. The van der Waals surface area contributed by atoms with Crippen molar-refractivity contribution in [3.63, 3.8) is 0 Å². The topological polar surface area (TPSA) is 78.9 Å². The van der Waals surface area contributed by atoms with Gasteiger partial charge in [-0.2, -0.15) is 0 Å². The van der Waals surface area contributed by atoms with E-state index in [1.165, 1.54) is 4.90 Å². The predicted molar refractivity (Wildman–Crippen MR) is 89.8 cm³/mol. The molecule has 0 radical (unpaired) electrons. The van der Waals surface area contributed by atoms with Gasteiger partial charge in [0.2, 0.25) is 5.91 Å². The molecule has 0 spiro atoms. The van der Waals surface area contributed by atoms with Crippen molar-refractivity contribution in [2.45, 2.75) is 19.1 Å². The number of carbonyl (C=O) groups is 2. The van der Waals surface area contributed by atoms with Crippen molar-refractivity contribution in [3.8, 4) is 0 Å². The van der Waals surface area contributed by atoms with Crippen molar-refractivity contribution >= 4 is 22.8 Å². The second-order valence-electron chi connectivity index (χ2n) is 5.92. The molecule has 0 aliphatic carbocycles. The van der Waals surface area contributed by atoms with Crippen LogP contribution in [-0.4, -0.2) is 47.8 Å². The summed E-state index contributed by atoms with van der Waals surface area (Å²) in [6.07, 6.45) is -1.34. The first-order valence-electron chi connectivity index (χ1n) is 7.92. The molecule has 0 aromatic heterocycles. The minimum atomic E-state index is -1.00. The lowest BCUT2D eigenvalue weighted by molar-refractivity contribution is -0.133. The molecule has 3 rings (SSSR count). The molecule has 0 saturated carbocycles. The number of nitrogens with zero attached hydrogens (tertiary/aromatic N) is 1. The van der Waals surface area contributed by atoms with Crippen LogP contribution < -0.4 is 5.32 Å². The highest BCUT2D eigenvalue weighted by Crippen LogP contribution is 2.28. The number of amides is 2. The standard InChI is InChI=1S/C18H20N2O4/c1-12(15-8-4-6-13-5-2-3-7-16(13)15)20(18(22)23)10-14-9-19-17(21)11-24-14/h2-8,12,14H,9-11H2,1H3,(H,19,21)(H,22,23)/t12-,14?/m0/s1. The van der Waals surface area contributed by atoms with Crippen molar-refractivity contribution in [3.05, 3.63) is 48.0 Å². The van der Waals surface area contributed by atoms with Gasteiger partial charge in [-0.3, -0.25) is 9.69 Å². The first kappa shape index (κ1) is 16.3. The summed E-state index contributed by atoms with van der Waals surface area (Å²) >= 11 is 0. The van der Waals surface area contributed by atoms with Gasteiger partial charge in [0.1, 0.15) is 6.61 Å². The number of hydrogen-bond donors (Lipinski definition) is 2. The summed E-state index contributed by atoms with van der Waals surface area (Å²) in [5.41, 5.74) is 0.954. The highest BCUT2D eigenvalue weighted by atomic mass is 16.5. The molecule has 2 amide bonds. The third-order valence-corrected chi connectivity index (χ3v) is 4.36. The summed E-state index contributed by atoms with van der Waals surface area (Å²) in [4.78, 5) is 24.3. The number of nitrogens with one attached hydrogen (secondary N) is 1. The number of ether oxygens (including phenoxy) is 1. The van der Waals surface area contributed by atoms with Gasteiger partial charge in [-0.1, -0.05) is 42.5 Å². The first-order chi connectivity index (χ1) is 11.6. The van der Waals surface area contributed by atoms with Crippen molar-refractivity contribution < 1.29 is 19.4 Å². The van der Waals surface area contributed by atoms with E-state index in [-0.39, 0.29) is 31.2 Å². The van der Waals surface area contributed by atoms with Gasteiger partial charge in [0.25, 0.3) is 0 Å². The van der Waals surface area contributed by atoms with E-state index in [9.17, 15) is 14.7 Å². The SMILES string of the molecule is C[C@@H](c1cccc2ccccc12)N(CC1CNC(=O)CO1)C(=O)O. The average molecular weight is 328 g/mol. The van der Waals surface area contributed by atoms with Crippen molar-refractivity contribution in [1.29, 1.82) is 0 Å². The van der Waals surface area contributed by atoms with Crippen LogP contribution in [0, 0.1) is 0 Å². The molecule has 126 valence electrons. The molecule has 0 bridgehead atoms. The predicted octanol–water partition coefficient (Wildman–Crippen LogP) is 2.40. The normalized spacial score (nSPS) is 18.9. The number of carboxylic acid groups (broad SMARTS) is 1. The van der Waals surface area contributed by atoms with E-state index in [0.29, 0.717) is 6.54 Å². The van der Waals surface area contributed by atoms with Crippen molar-refractivity contribution in [2.75, 3.05) is 19.7 Å². The third-order valence-electron chi connectivity index (χ3n) is 4.36. The molecule has 1 unspecified atom stereocenters. The number of morpholine rings is 1. The molecule has 2 aromatic carbocycles. The van der Waals surface area contributed by atoms with Crippen LogP contribution in [0.5, 0.6) is 0 Å². The van der Waals surface area contributed by atoms with E-state index < -0.39 is 6.09 Å². The lowest BCUT2D eigenvalue weighted by atomic mass is 9.98. The van der Waals surface area contributed by atoms with E-state index in [2.05, 4.69) is 5.32 Å². The zero-order valence-corrected chi connectivity index (χ0v) is 13.4. The van der Waals surface area contributed by atoms with Gasteiger partial charge in [0, 0.05) is 6.54 Å². The summed E-state index contributed by atoms with van der Waals surface area (Å²) in [7, 11) is 0. The highest BCUT2D eigenvalue weighted by molar-refractivity contribution is 5.86. The quantitative estimate of drug-likeness (QED) is 0.903. The Morgan fingerprint density at radius 3 is 2.79 bits per heavy atom. The molecule has 2 aromatic rings. The van der Waals surface area contributed by atoms with Crippen LogP contribution in [-0.2, 0) is 9.53 Å². The van der Waals surface area contributed by atoms with Crippen molar-refractivity contribution in [1.82, 2.24) is 10.2 Å². The summed E-state index contributed by atoms with van der Waals surface area (Å²) < 4.78 is 5.43. The Hall–Kier alpha value is -2.60. The van der Waals surface area contributed by atoms with E-state index in [1.807, 2.05) is 49.4 Å². The Morgan fingerprint density at radius 1 is 1.33 bits per heavy atom. The molecule has 1 aliphatic rings. The van der Waals surface area contributed by atoms with Crippen LogP contribution in [0.1, 0.15) is 18.5 Å². The van der Waals surface area contributed by atoms with Crippen LogP contribution in [0.2, 0.25) is 0 Å². The summed E-state index contributed by atoms with van der Waals surface area (Å²) in [5, 5.41) is 14.5. The molecule has 6 heteroatoms. The maximum Gasteiger partial charge on any atom is 0.407 e. The zero-order chi connectivity index (χ0) is 17.1. The monoisotopic (exact) mass is 328 g/mol. The Kier molecular flexibility index (Phi) is 4.66. The third kappa shape index (κ3) is 3.33. The van der Waals surface area contributed by atoms with Crippen molar-refractivity contribution in [2.24, 2.45) is 0 Å². The fourth-order valence-corrected chi connectivity index (χ4v) is 3.05. The molecule has 1 heterocycles. The number of fused-ring (bicyclic) bond motifs is 1. The number of benzene rings is 2. The molecular weight excluding hydrogens is 308 g/mol. The lowest BCUT2D eigenvalue weighted by Crippen LogP contribution is -2.49. The molecule has 2 N–H and O–H groups in total. The molecular formula is C18H20N2O4. The number of rotatable bonds is 4. The first-order valence-corrected chi connectivity index (χ1v) is 7.92. The smallest absolute Gasteiger partial charge is 0.407 e. The lowest BCUT2D eigenvalue weighted by Gasteiger charge is -2.32. The van der Waals surface area contributed by atoms with Gasteiger partial charge in [-0.25, -0.2) is 4.79 Å². The van der Waals surface area contributed by atoms with Gasteiger partial charge >= 0.3 is 6.09 Å². The van der Waals surface area contributed by atoms with Crippen LogP contribution in [0.15, 0.2) is 42.5 Å². The van der Waals surface area contributed by atoms with E-state index >= 15 is 0 Å². The average Bonchev–Trinajstić information content (AvgIpc) is 2.60. The largest absolute Gasteiger partial charge is 0.465 e. The second kappa shape index (κ2) is 6.88. The second-order valence-corrected chi connectivity index (χ2v) is 5.92. The van der Waals surface area contributed by atoms with E-state index in [1.54, 1.807) is 0 Å². The number of hydrogen-bond acceptors (Lipinski definition) is 3. The Labute approximate surface area is 140 Å². The van der Waals surface area contributed by atoms with Gasteiger partial charge in [0.15, 0.2) is 0 Å². The zero-order valence-electron chi connectivity index (χ0n) is 13.4. The van der Waals surface area contributed by atoms with E-state index in [4.69, 9.17) is 4.74 Å². The van der Waals surface area contributed by atoms with Crippen LogP contribution >= 0.6 is 0 Å². The van der Waals surface area contributed by atoms with Gasteiger partial charge in [0.05, 0.1) is 18.7 Å². The van der Waals surface area contributed by atoms with Gasteiger partial charge in [-0.05, 0) is 23.3 Å². The Balaban J connectivity index is 1.85. The van der Waals surface area contributed by atoms with Gasteiger partial charge in [-0.15, -0.1) is 0 Å². The Morgan fingerprint density at radius 2 is 2.08 bits per heavy atom. The highest BCUT2D eigenvalue weighted by Gasteiger charge is 2.28. The molecule has 2 atom stereocenters. The summed E-state index contributed by atoms with van der Waals surface area (Å²) in [6, 6.07) is 13.5. The fourth-order valence-electron chi connectivity index (χ4n) is 3.05. The maximum atomic E-state index is 11.8.